The van der Waals surface area contributed by atoms with Crippen LogP contribution in [0.1, 0.15) is 24.1 Å². The SMILES string of the molecule is COc1cc([C@H]2NC(=O)NC(C)=C2C(=O)Nc2ccccc2)ccc1OCc1ccccc1Cl. The van der Waals surface area contributed by atoms with Crippen LogP contribution in [0, 0.1) is 0 Å². The van der Waals surface area contributed by atoms with Gasteiger partial charge in [-0.25, -0.2) is 4.79 Å². The highest BCUT2D eigenvalue weighted by Crippen LogP contribution is 2.35. The van der Waals surface area contributed by atoms with Crippen LogP contribution in [0.2, 0.25) is 5.02 Å². The van der Waals surface area contributed by atoms with Gasteiger partial charge < -0.3 is 25.4 Å². The first-order valence-electron chi connectivity index (χ1n) is 10.6. The zero-order valence-electron chi connectivity index (χ0n) is 18.7. The Bertz CT molecular complexity index is 1240. The average molecular weight is 478 g/mol. The molecular weight excluding hydrogens is 454 g/mol. The van der Waals surface area contributed by atoms with E-state index >= 15 is 0 Å². The van der Waals surface area contributed by atoms with Gasteiger partial charge in [0.2, 0.25) is 0 Å². The fourth-order valence-corrected chi connectivity index (χ4v) is 3.91. The van der Waals surface area contributed by atoms with Crippen LogP contribution in [-0.2, 0) is 11.4 Å². The summed E-state index contributed by atoms with van der Waals surface area (Å²) in [4.78, 5) is 25.4. The molecule has 174 valence electrons. The van der Waals surface area contributed by atoms with Crippen molar-refractivity contribution in [1.29, 1.82) is 0 Å². The van der Waals surface area contributed by atoms with Crippen molar-refractivity contribution in [1.82, 2.24) is 10.6 Å². The molecule has 3 N–H and O–H groups in total. The third-order valence-electron chi connectivity index (χ3n) is 5.41. The summed E-state index contributed by atoms with van der Waals surface area (Å²) < 4.78 is 11.5. The third kappa shape index (κ3) is 5.15. The lowest BCUT2D eigenvalue weighted by molar-refractivity contribution is -0.113. The number of rotatable bonds is 7. The van der Waals surface area contributed by atoms with Gasteiger partial charge in [0.05, 0.1) is 18.7 Å². The molecule has 1 aliphatic rings. The molecular formula is C26H24ClN3O4. The van der Waals surface area contributed by atoms with Crippen LogP contribution in [0.15, 0.2) is 84.1 Å². The van der Waals surface area contributed by atoms with E-state index in [0.717, 1.165) is 5.56 Å². The van der Waals surface area contributed by atoms with Crippen molar-refractivity contribution >= 4 is 29.2 Å². The highest BCUT2D eigenvalue weighted by atomic mass is 35.5. The van der Waals surface area contributed by atoms with Gasteiger partial charge in [0.25, 0.3) is 5.91 Å². The first kappa shape index (κ1) is 23.2. The van der Waals surface area contributed by atoms with Gasteiger partial charge in [-0.1, -0.05) is 54.1 Å². The Kier molecular flexibility index (Phi) is 7.04. The predicted molar refractivity (Wildman–Crippen MR) is 131 cm³/mol. The van der Waals surface area contributed by atoms with Crippen molar-refractivity contribution < 1.29 is 19.1 Å². The van der Waals surface area contributed by atoms with Crippen LogP contribution >= 0.6 is 11.6 Å². The number of nitrogens with one attached hydrogen (secondary N) is 3. The summed E-state index contributed by atoms with van der Waals surface area (Å²) in [6.45, 7) is 1.97. The Morgan fingerprint density at radius 3 is 2.50 bits per heavy atom. The van der Waals surface area contributed by atoms with Gasteiger partial charge in [-0.2, -0.15) is 0 Å². The number of anilines is 1. The zero-order chi connectivity index (χ0) is 24.1. The normalized spacial score (nSPS) is 15.3. The molecule has 0 aromatic heterocycles. The molecule has 1 atom stereocenters. The Balaban J connectivity index is 1.60. The molecule has 3 aromatic rings. The number of allylic oxidation sites excluding steroid dienone is 1. The summed E-state index contributed by atoms with van der Waals surface area (Å²) in [5.74, 6) is 0.666. The molecule has 0 unspecified atom stereocenters. The number of hydrogen-bond donors (Lipinski definition) is 3. The predicted octanol–water partition coefficient (Wildman–Crippen LogP) is 5.19. The lowest BCUT2D eigenvalue weighted by Crippen LogP contribution is -2.45. The average Bonchev–Trinajstić information content (AvgIpc) is 2.83. The van der Waals surface area contributed by atoms with E-state index in [0.29, 0.717) is 39.0 Å². The number of methoxy groups -OCH3 is 1. The maximum atomic E-state index is 13.2. The van der Waals surface area contributed by atoms with Crippen molar-refractivity contribution in [2.75, 3.05) is 12.4 Å². The van der Waals surface area contributed by atoms with E-state index in [4.69, 9.17) is 21.1 Å². The molecule has 1 heterocycles. The van der Waals surface area contributed by atoms with Crippen LogP contribution in [0.5, 0.6) is 11.5 Å². The maximum absolute atomic E-state index is 13.2. The Morgan fingerprint density at radius 1 is 1.03 bits per heavy atom. The van der Waals surface area contributed by atoms with Crippen LogP contribution in [-0.4, -0.2) is 19.0 Å². The molecule has 0 aliphatic carbocycles. The fraction of sp³-hybridized carbons (Fsp3) is 0.154. The van der Waals surface area contributed by atoms with Crippen molar-refractivity contribution in [3.05, 3.63) is 100 Å². The molecule has 0 spiro atoms. The van der Waals surface area contributed by atoms with Crippen LogP contribution < -0.4 is 25.4 Å². The maximum Gasteiger partial charge on any atom is 0.319 e. The summed E-state index contributed by atoms with van der Waals surface area (Å²) in [7, 11) is 1.53. The van der Waals surface area contributed by atoms with Crippen molar-refractivity contribution in [3.8, 4) is 11.5 Å². The van der Waals surface area contributed by atoms with Crippen molar-refractivity contribution in [2.45, 2.75) is 19.6 Å². The number of carbonyl (C=O) groups is 2. The zero-order valence-corrected chi connectivity index (χ0v) is 19.5. The molecule has 4 rings (SSSR count). The topological polar surface area (TPSA) is 88.7 Å². The lowest BCUT2D eigenvalue weighted by Gasteiger charge is -2.29. The Labute approximate surface area is 202 Å². The second kappa shape index (κ2) is 10.3. The molecule has 8 heteroatoms. The second-order valence-corrected chi connectivity index (χ2v) is 8.09. The quantitative estimate of drug-likeness (QED) is 0.436. The minimum Gasteiger partial charge on any atom is -0.493 e. The van der Waals surface area contributed by atoms with E-state index in [1.54, 1.807) is 43.3 Å². The molecule has 7 nitrogen and oxygen atoms in total. The number of halogens is 1. The van der Waals surface area contributed by atoms with Crippen LogP contribution in [0.25, 0.3) is 0 Å². The van der Waals surface area contributed by atoms with Gasteiger partial charge in [0, 0.05) is 22.0 Å². The molecule has 34 heavy (non-hydrogen) atoms. The van der Waals surface area contributed by atoms with E-state index in [9.17, 15) is 9.59 Å². The molecule has 3 amide bonds. The fourth-order valence-electron chi connectivity index (χ4n) is 3.72. The highest BCUT2D eigenvalue weighted by molar-refractivity contribution is 6.31. The van der Waals surface area contributed by atoms with Crippen LogP contribution in [0.4, 0.5) is 10.5 Å². The monoisotopic (exact) mass is 477 g/mol. The summed E-state index contributed by atoms with van der Waals surface area (Å²) in [6, 6.07) is 20.8. The number of para-hydroxylation sites is 1. The van der Waals surface area contributed by atoms with E-state index in [1.807, 2.05) is 36.4 Å². The molecule has 1 aliphatic heterocycles. The summed E-state index contributed by atoms with van der Waals surface area (Å²) in [6.07, 6.45) is 0. The number of benzene rings is 3. The summed E-state index contributed by atoms with van der Waals surface area (Å²) in [5, 5.41) is 9.01. The molecule has 0 saturated carbocycles. The minimum atomic E-state index is -0.677. The van der Waals surface area contributed by atoms with E-state index in [2.05, 4.69) is 16.0 Å². The summed E-state index contributed by atoms with van der Waals surface area (Å²) >= 11 is 6.22. The van der Waals surface area contributed by atoms with E-state index in [-0.39, 0.29) is 12.5 Å². The van der Waals surface area contributed by atoms with Gasteiger partial charge >= 0.3 is 6.03 Å². The number of amides is 3. The Morgan fingerprint density at radius 2 is 1.76 bits per heavy atom. The van der Waals surface area contributed by atoms with Gasteiger partial charge in [0.15, 0.2) is 11.5 Å². The van der Waals surface area contributed by atoms with Gasteiger partial charge in [-0.05, 0) is 42.8 Å². The van der Waals surface area contributed by atoms with Crippen molar-refractivity contribution in [2.24, 2.45) is 0 Å². The molecule has 0 saturated heterocycles. The smallest absolute Gasteiger partial charge is 0.319 e. The number of carbonyl (C=O) groups excluding carboxylic acids is 2. The molecule has 0 fully saturated rings. The van der Waals surface area contributed by atoms with E-state index < -0.39 is 12.1 Å². The first-order chi connectivity index (χ1) is 16.5. The van der Waals surface area contributed by atoms with Crippen molar-refractivity contribution in [3.63, 3.8) is 0 Å². The van der Waals surface area contributed by atoms with Crippen LogP contribution in [0.3, 0.4) is 0 Å². The highest BCUT2D eigenvalue weighted by Gasteiger charge is 2.31. The largest absolute Gasteiger partial charge is 0.493 e. The Hall–Kier alpha value is -3.97. The second-order valence-electron chi connectivity index (χ2n) is 7.68. The van der Waals surface area contributed by atoms with Gasteiger partial charge in [-0.15, -0.1) is 0 Å². The molecule has 0 radical (unpaired) electrons. The van der Waals surface area contributed by atoms with E-state index in [1.165, 1.54) is 7.11 Å². The van der Waals surface area contributed by atoms with Gasteiger partial charge in [0.1, 0.15) is 6.61 Å². The first-order valence-corrected chi connectivity index (χ1v) is 11.0. The number of ether oxygens (including phenoxy) is 2. The molecule has 0 bridgehead atoms. The number of urea groups is 1. The molecule has 3 aromatic carbocycles. The minimum absolute atomic E-state index is 0.267. The lowest BCUT2D eigenvalue weighted by atomic mass is 9.94. The number of hydrogen-bond acceptors (Lipinski definition) is 4. The standard InChI is InChI=1S/C26H24ClN3O4/c1-16-23(25(31)29-19-9-4-3-5-10-19)24(30-26(32)28-16)17-12-13-21(22(14-17)33-2)34-15-18-8-6-7-11-20(18)27/h3-14,24H,15H2,1-2H3,(H,29,31)(H2,28,30,32)/t24-/m1/s1. The van der Waals surface area contributed by atoms with Gasteiger partial charge in [-0.3, -0.25) is 4.79 Å². The third-order valence-corrected chi connectivity index (χ3v) is 5.78. The summed E-state index contributed by atoms with van der Waals surface area (Å²) in [5.41, 5.74) is 3.05.